The summed E-state index contributed by atoms with van der Waals surface area (Å²) < 4.78 is 11.8. The monoisotopic (exact) mass is 377 g/mol. The number of hydrogen-bond acceptors (Lipinski definition) is 3. The Balaban J connectivity index is 3.07. The van der Waals surface area contributed by atoms with Crippen molar-refractivity contribution in [1.29, 1.82) is 0 Å². The van der Waals surface area contributed by atoms with Gasteiger partial charge in [-0.1, -0.05) is 41.5 Å². The third-order valence-corrected chi connectivity index (χ3v) is 4.56. The molecular weight excluding hydrogens is 338 g/mol. The summed E-state index contributed by atoms with van der Waals surface area (Å²) in [5.41, 5.74) is 2.04. The van der Waals surface area contributed by atoms with Gasteiger partial charge < -0.3 is 14.8 Å². The highest BCUT2D eigenvalue weighted by molar-refractivity contribution is 5.97. The third-order valence-electron chi connectivity index (χ3n) is 4.56. The molecule has 1 rings (SSSR count). The second kappa shape index (κ2) is 10.1. The quantitative estimate of drug-likeness (QED) is 0.564. The summed E-state index contributed by atoms with van der Waals surface area (Å²) in [5.74, 6) is 2.04. The number of hydrogen-bond donors (Lipinski definition) is 1. The molecule has 0 bridgehead atoms. The van der Waals surface area contributed by atoms with Crippen LogP contribution in [0.5, 0.6) is 5.75 Å². The molecule has 4 heteroatoms. The first-order chi connectivity index (χ1) is 12.5. The summed E-state index contributed by atoms with van der Waals surface area (Å²) in [4.78, 5) is 13.2. The van der Waals surface area contributed by atoms with Crippen LogP contribution < -0.4 is 10.1 Å². The van der Waals surface area contributed by atoms with Crippen LogP contribution in [0.15, 0.2) is 12.1 Å². The Morgan fingerprint density at radius 3 is 1.81 bits per heavy atom. The standard InChI is InChI=1S/C23H39NO3/c1-15(2)12-23(26-9,13-16(3)4)22(25)24-20-10-18(7)21(19(8)11-20)27-14-17(5)6/h10-11,15-17H,12-14H2,1-9H3,(H,24,25). The minimum atomic E-state index is -0.809. The minimum absolute atomic E-state index is 0.0675. The van der Waals surface area contributed by atoms with Crippen LogP contribution in [0.3, 0.4) is 0 Å². The topological polar surface area (TPSA) is 47.6 Å². The lowest BCUT2D eigenvalue weighted by atomic mass is 9.84. The van der Waals surface area contributed by atoms with Crippen molar-refractivity contribution in [3.05, 3.63) is 23.3 Å². The lowest BCUT2D eigenvalue weighted by Gasteiger charge is -2.34. The van der Waals surface area contributed by atoms with Crippen LogP contribution in [0.4, 0.5) is 5.69 Å². The maximum Gasteiger partial charge on any atom is 0.256 e. The molecule has 154 valence electrons. The molecule has 0 heterocycles. The van der Waals surface area contributed by atoms with Crippen molar-refractivity contribution in [3.63, 3.8) is 0 Å². The number of amides is 1. The van der Waals surface area contributed by atoms with Crippen molar-refractivity contribution in [2.45, 2.75) is 73.8 Å². The zero-order valence-corrected chi connectivity index (χ0v) is 18.7. The summed E-state index contributed by atoms with van der Waals surface area (Å²) in [5, 5.41) is 3.10. The third kappa shape index (κ3) is 6.84. The van der Waals surface area contributed by atoms with Crippen molar-refractivity contribution in [2.75, 3.05) is 19.0 Å². The first-order valence-corrected chi connectivity index (χ1v) is 10.1. The van der Waals surface area contributed by atoms with Gasteiger partial charge in [-0.05, 0) is 67.7 Å². The van der Waals surface area contributed by atoms with E-state index in [1.165, 1.54) is 0 Å². The zero-order valence-electron chi connectivity index (χ0n) is 18.7. The average Bonchev–Trinajstić information content (AvgIpc) is 2.51. The molecule has 1 N–H and O–H groups in total. The SMILES string of the molecule is COC(CC(C)C)(CC(C)C)C(=O)Nc1cc(C)c(OCC(C)C)c(C)c1. The molecule has 0 spiro atoms. The van der Waals surface area contributed by atoms with Crippen LogP contribution in [-0.2, 0) is 9.53 Å². The highest BCUT2D eigenvalue weighted by Crippen LogP contribution is 2.32. The second-order valence-electron chi connectivity index (χ2n) is 8.99. The highest BCUT2D eigenvalue weighted by Gasteiger charge is 2.39. The zero-order chi connectivity index (χ0) is 20.8. The molecule has 4 nitrogen and oxygen atoms in total. The molecule has 0 saturated heterocycles. The molecule has 1 aromatic carbocycles. The Morgan fingerprint density at radius 1 is 0.963 bits per heavy atom. The first-order valence-electron chi connectivity index (χ1n) is 10.1. The molecule has 27 heavy (non-hydrogen) atoms. The maximum absolute atomic E-state index is 13.2. The number of carbonyl (C=O) groups is 1. The van der Waals surface area contributed by atoms with Crippen LogP contribution in [-0.4, -0.2) is 25.2 Å². The van der Waals surface area contributed by atoms with Crippen LogP contribution in [0.25, 0.3) is 0 Å². The van der Waals surface area contributed by atoms with Crippen LogP contribution in [0, 0.1) is 31.6 Å². The van der Waals surface area contributed by atoms with Gasteiger partial charge in [-0.2, -0.15) is 0 Å². The second-order valence-corrected chi connectivity index (χ2v) is 8.99. The molecule has 0 saturated carbocycles. The van der Waals surface area contributed by atoms with E-state index >= 15 is 0 Å². The van der Waals surface area contributed by atoms with Crippen molar-refractivity contribution in [2.24, 2.45) is 17.8 Å². The number of aryl methyl sites for hydroxylation is 2. The Hall–Kier alpha value is -1.55. The van der Waals surface area contributed by atoms with Gasteiger partial charge in [0, 0.05) is 12.8 Å². The van der Waals surface area contributed by atoms with Crippen molar-refractivity contribution < 1.29 is 14.3 Å². The number of nitrogens with one attached hydrogen (secondary N) is 1. The van der Waals surface area contributed by atoms with Crippen LogP contribution >= 0.6 is 0 Å². The number of benzene rings is 1. The van der Waals surface area contributed by atoms with E-state index in [1.54, 1.807) is 7.11 Å². The van der Waals surface area contributed by atoms with Gasteiger partial charge in [0.15, 0.2) is 0 Å². The normalized spacial score (nSPS) is 12.1. The largest absolute Gasteiger partial charge is 0.493 e. The summed E-state index contributed by atoms with van der Waals surface area (Å²) >= 11 is 0. The number of carbonyl (C=O) groups excluding carboxylic acids is 1. The minimum Gasteiger partial charge on any atom is -0.493 e. The van der Waals surface area contributed by atoms with E-state index < -0.39 is 5.60 Å². The van der Waals surface area contributed by atoms with E-state index in [4.69, 9.17) is 9.47 Å². The summed E-state index contributed by atoms with van der Waals surface area (Å²) in [6, 6.07) is 3.96. The molecule has 0 unspecified atom stereocenters. The fourth-order valence-electron chi connectivity index (χ4n) is 3.59. The van der Waals surface area contributed by atoms with Gasteiger partial charge in [0.05, 0.1) is 6.61 Å². The van der Waals surface area contributed by atoms with Crippen molar-refractivity contribution in [3.8, 4) is 5.75 Å². The predicted octanol–water partition coefficient (Wildman–Crippen LogP) is 5.75. The Kier molecular flexibility index (Phi) is 8.80. The van der Waals surface area contributed by atoms with E-state index in [-0.39, 0.29) is 5.91 Å². The molecule has 1 amide bonds. The van der Waals surface area contributed by atoms with Gasteiger partial charge in [-0.25, -0.2) is 0 Å². The van der Waals surface area contributed by atoms with Crippen molar-refractivity contribution >= 4 is 11.6 Å². The van der Waals surface area contributed by atoms with E-state index in [1.807, 2.05) is 26.0 Å². The van der Waals surface area contributed by atoms with Gasteiger partial charge in [0.2, 0.25) is 0 Å². The van der Waals surface area contributed by atoms with E-state index in [2.05, 4.69) is 46.9 Å². The van der Waals surface area contributed by atoms with Crippen LogP contribution in [0.1, 0.15) is 65.5 Å². The lowest BCUT2D eigenvalue weighted by molar-refractivity contribution is -0.142. The molecule has 0 fully saturated rings. The van der Waals surface area contributed by atoms with Gasteiger partial charge in [0.1, 0.15) is 11.4 Å². The summed E-state index contributed by atoms with van der Waals surface area (Å²) in [6.07, 6.45) is 1.39. The Labute approximate surface area is 166 Å². The first kappa shape index (κ1) is 23.5. The molecule has 0 aliphatic heterocycles. The Bertz CT molecular complexity index is 587. The molecule has 0 radical (unpaired) electrons. The van der Waals surface area contributed by atoms with E-state index in [0.29, 0.717) is 37.2 Å². The Morgan fingerprint density at radius 2 is 1.44 bits per heavy atom. The number of anilines is 1. The molecular formula is C23H39NO3. The van der Waals surface area contributed by atoms with E-state index in [0.717, 1.165) is 22.6 Å². The van der Waals surface area contributed by atoms with Gasteiger partial charge in [-0.15, -0.1) is 0 Å². The number of ether oxygens (including phenoxy) is 2. The van der Waals surface area contributed by atoms with Gasteiger partial charge in [-0.3, -0.25) is 4.79 Å². The van der Waals surface area contributed by atoms with Gasteiger partial charge in [0.25, 0.3) is 5.91 Å². The predicted molar refractivity (Wildman–Crippen MR) is 114 cm³/mol. The fraction of sp³-hybridized carbons (Fsp3) is 0.696. The number of rotatable bonds is 10. The van der Waals surface area contributed by atoms with Crippen LogP contribution in [0.2, 0.25) is 0 Å². The lowest BCUT2D eigenvalue weighted by Crippen LogP contribution is -2.47. The average molecular weight is 378 g/mol. The van der Waals surface area contributed by atoms with Gasteiger partial charge >= 0.3 is 0 Å². The molecule has 0 aromatic heterocycles. The fourth-order valence-corrected chi connectivity index (χ4v) is 3.59. The maximum atomic E-state index is 13.2. The highest BCUT2D eigenvalue weighted by atomic mass is 16.5. The van der Waals surface area contributed by atoms with E-state index in [9.17, 15) is 4.79 Å². The molecule has 1 aromatic rings. The summed E-state index contributed by atoms with van der Waals surface area (Å²) in [6.45, 7) is 17.5. The molecule has 0 aliphatic carbocycles. The molecule has 0 atom stereocenters. The van der Waals surface area contributed by atoms with Crippen molar-refractivity contribution in [1.82, 2.24) is 0 Å². The number of methoxy groups -OCH3 is 1. The smallest absolute Gasteiger partial charge is 0.256 e. The summed E-state index contributed by atoms with van der Waals surface area (Å²) in [7, 11) is 1.64. The molecule has 0 aliphatic rings.